The second-order valence-corrected chi connectivity index (χ2v) is 6.60. The Morgan fingerprint density at radius 3 is 2.48 bits per heavy atom. The van der Waals surface area contributed by atoms with Crippen LogP contribution in [0.15, 0.2) is 21.5 Å². The second-order valence-electron chi connectivity index (χ2n) is 3.95. The minimum Gasteiger partial charge on any atom is -0.478 e. The zero-order valence-corrected chi connectivity index (χ0v) is 13.2. The number of benzene rings is 1. The lowest BCUT2D eigenvalue weighted by Gasteiger charge is -2.10. The molecule has 0 aliphatic heterocycles. The highest BCUT2D eigenvalue weighted by Crippen LogP contribution is 2.24. The molecule has 21 heavy (non-hydrogen) atoms. The molecule has 116 valence electrons. The van der Waals surface area contributed by atoms with Crippen LogP contribution < -0.4 is 10.0 Å². The van der Waals surface area contributed by atoms with Crippen LogP contribution in [0.5, 0.6) is 0 Å². The number of hydrogen-bond acceptors (Lipinski definition) is 4. The fraction of sp³-hybridized carbons (Fsp3) is 0.273. The predicted molar refractivity (Wildman–Crippen MR) is 74.9 cm³/mol. The van der Waals surface area contributed by atoms with Gasteiger partial charge in [0.15, 0.2) is 5.82 Å². The maximum Gasteiger partial charge on any atom is 0.338 e. The van der Waals surface area contributed by atoms with E-state index in [1.807, 2.05) is 0 Å². The molecule has 3 N–H and O–H groups in total. The van der Waals surface area contributed by atoms with Crippen LogP contribution in [-0.4, -0.2) is 38.5 Å². The predicted octanol–water partition coefficient (Wildman–Crippen LogP) is 0.701. The zero-order valence-electron chi connectivity index (χ0n) is 10.8. The molecule has 0 unspecified atom stereocenters. The summed E-state index contributed by atoms with van der Waals surface area (Å²) in [6.45, 7) is 1.13. The number of carbonyl (C=O) groups is 2. The lowest BCUT2D eigenvalue weighted by atomic mass is 10.2. The van der Waals surface area contributed by atoms with Gasteiger partial charge in [-0.05, 0) is 12.1 Å². The van der Waals surface area contributed by atoms with Crippen molar-refractivity contribution in [3.63, 3.8) is 0 Å². The molecule has 1 rings (SSSR count). The first-order valence-electron chi connectivity index (χ1n) is 5.61. The summed E-state index contributed by atoms with van der Waals surface area (Å²) in [4.78, 5) is 20.7. The molecule has 0 fully saturated rings. The van der Waals surface area contributed by atoms with Gasteiger partial charge in [-0.15, -0.1) is 0 Å². The van der Waals surface area contributed by atoms with Crippen molar-refractivity contribution in [3.8, 4) is 0 Å². The van der Waals surface area contributed by atoms with Crippen molar-refractivity contribution in [2.24, 2.45) is 0 Å². The summed E-state index contributed by atoms with van der Waals surface area (Å²) in [6, 6.07) is 1.93. The number of sulfonamides is 1. The van der Waals surface area contributed by atoms with Gasteiger partial charge in [0.1, 0.15) is 4.90 Å². The lowest BCUT2D eigenvalue weighted by Crippen LogP contribution is -2.34. The number of halogens is 2. The van der Waals surface area contributed by atoms with Gasteiger partial charge in [0.05, 0.1) is 5.56 Å². The largest absolute Gasteiger partial charge is 0.478 e. The van der Waals surface area contributed by atoms with E-state index in [1.165, 1.54) is 6.92 Å². The molecule has 0 radical (unpaired) electrons. The first-order chi connectivity index (χ1) is 9.65. The van der Waals surface area contributed by atoms with Crippen LogP contribution in [0.2, 0.25) is 0 Å². The third-order valence-corrected chi connectivity index (χ3v) is 4.23. The van der Waals surface area contributed by atoms with Gasteiger partial charge in [0.25, 0.3) is 0 Å². The van der Waals surface area contributed by atoms with Crippen LogP contribution in [0.1, 0.15) is 17.3 Å². The molecule has 1 amide bonds. The molecule has 0 atom stereocenters. The topological polar surface area (TPSA) is 113 Å². The van der Waals surface area contributed by atoms with E-state index in [2.05, 4.69) is 26.0 Å². The first-order valence-corrected chi connectivity index (χ1v) is 7.89. The summed E-state index contributed by atoms with van der Waals surface area (Å²) < 4.78 is 40.0. The van der Waals surface area contributed by atoms with Crippen molar-refractivity contribution < 1.29 is 27.5 Å². The van der Waals surface area contributed by atoms with Gasteiger partial charge in [-0.25, -0.2) is 22.3 Å². The maximum absolute atomic E-state index is 13.9. The Morgan fingerprint density at radius 2 is 1.95 bits per heavy atom. The van der Waals surface area contributed by atoms with Crippen LogP contribution >= 0.6 is 15.9 Å². The summed E-state index contributed by atoms with van der Waals surface area (Å²) in [5, 5.41) is 11.2. The third kappa shape index (κ3) is 4.76. The number of amides is 1. The molecule has 0 aromatic heterocycles. The summed E-state index contributed by atoms with van der Waals surface area (Å²) >= 11 is 2.93. The van der Waals surface area contributed by atoms with Crippen LogP contribution in [0, 0.1) is 5.82 Å². The molecule has 0 saturated carbocycles. The molecule has 0 heterocycles. The molecule has 0 aliphatic carbocycles. The smallest absolute Gasteiger partial charge is 0.338 e. The van der Waals surface area contributed by atoms with E-state index in [0.29, 0.717) is 0 Å². The zero-order chi connectivity index (χ0) is 16.2. The molecule has 10 heteroatoms. The number of aromatic carboxylic acids is 1. The highest BCUT2D eigenvalue weighted by molar-refractivity contribution is 9.10. The van der Waals surface area contributed by atoms with Crippen molar-refractivity contribution >= 4 is 37.8 Å². The summed E-state index contributed by atoms with van der Waals surface area (Å²) in [5.41, 5.74) is -0.758. The molecule has 1 aromatic carbocycles. The number of hydrogen-bond donors (Lipinski definition) is 3. The van der Waals surface area contributed by atoms with E-state index in [4.69, 9.17) is 5.11 Å². The molecule has 0 spiro atoms. The SMILES string of the molecule is CC(=O)NCCNS(=O)(=O)c1cc(Br)cc(C(=O)O)c1F. The van der Waals surface area contributed by atoms with Crippen molar-refractivity contribution in [1.29, 1.82) is 0 Å². The van der Waals surface area contributed by atoms with Gasteiger partial charge in [0, 0.05) is 24.5 Å². The fourth-order valence-corrected chi connectivity index (χ4v) is 3.18. The molecule has 0 bridgehead atoms. The Morgan fingerprint density at radius 1 is 1.33 bits per heavy atom. The summed E-state index contributed by atoms with van der Waals surface area (Å²) in [6.07, 6.45) is 0. The number of rotatable bonds is 6. The number of carbonyl (C=O) groups excluding carboxylic acids is 1. The van der Waals surface area contributed by atoms with Crippen molar-refractivity contribution in [2.45, 2.75) is 11.8 Å². The Bertz CT molecular complexity index is 677. The van der Waals surface area contributed by atoms with E-state index >= 15 is 0 Å². The van der Waals surface area contributed by atoms with Crippen LogP contribution in [0.25, 0.3) is 0 Å². The van der Waals surface area contributed by atoms with Gasteiger partial charge < -0.3 is 10.4 Å². The van der Waals surface area contributed by atoms with E-state index < -0.39 is 32.3 Å². The molecular weight excluding hydrogens is 371 g/mol. The molecule has 7 nitrogen and oxygen atoms in total. The van der Waals surface area contributed by atoms with E-state index in [9.17, 15) is 22.4 Å². The lowest BCUT2D eigenvalue weighted by molar-refractivity contribution is -0.118. The van der Waals surface area contributed by atoms with Gasteiger partial charge in [-0.1, -0.05) is 15.9 Å². The molecular formula is C11H12BrFN2O5S. The van der Waals surface area contributed by atoms with Crippen molar-refractivity contribution in [3.05, 3.63) is 28.0 Å². The van der Waals surface area contributed by atoms with E-state index in [1.54, 1.807) is 0 Å². The van der Waals surface area contributed by atoms with Crippen LogP contribution in [0.3, 0.4) is 0 Å². The Kier molecular flexibility index (Phi) is 5.81. The Balaban J connectivity index is 3.03. The fourth-order valence-electron chi connectivity index (χ4n) is 1.42. The Labute approximate surface area is 128 Å². The first kappa shape index (κ1) is 17.5. The normalized spacial score (nSPS) is 11.2. The van der Waals surface area contributed by atoms with Gasteiger partial charge in [-0.2, -0.15) is 0 Å². The second kappa shape index (κ2) is 6.96. The molecule has 1 aromatic rings. The summed E-state index contributed by atoms with van der Waals surface area (Å²) in [5.74, 6) is -3.27. The number of nitrogens with one attached hydrogen (secondary N) is 2. The average molecular weight is 383 g/mol. The van der Waals surface area contributed by atoms with Crippen LogP contribution in [0.4, 0.5) is 4.39 Å². The third-order valence-electron chi connectivity index (χ3n) is 2.31. The van der Waals surface area contributed by atoms with Gasteiger partial charge >= 0.3 is 5.97 Å². The maximum atomic E-state index is 13.9. The van der Waals surface area contributed by atoms with Crippen molar-refractivity contribution in [1.82, 2.24) is 10.0 Å². The quantitative estimate of drug-likeness (QED) is 0.626. The van der Waals surface area contributed by atoms with Gasteiger partial charge in [0.2, 0.25) is 15.9 Å². The molecule has 0 aliphatic rings. The minimum absolute atomic E-state index is 0.0238. The Hall–Kier alpha value is -1.52. The van der Waals surface area contributed by atoms with E-state index in [-0.39, 0.29) is 23.5 Å². The monoisotopic (exact) mass is 382 g/mol. The van der Waals surface area contributed by atoms with Gasteiger partial charge in [-0.3, -0.25) is 4.79 Å². The minimum atomic E-state index is -4.24. The highest BCUT2D eigenvalue weighted by atomic mass is 79.9. The van der Waals surface area contributed by atoms with E-state index in [0.717, 1.165) is 12.1 Å². The average Bonchev–Trinajstić information content (AvgIpc) is 2.36. The number of carboxylic acids is 1. The van der Waals surface area contributed by atoms with Crippen molar-refractivity contribution in [2.75, 3.05) is 13.1 Å². The number of carboxylic acid groups (broad SMARTS) is 1. The highest BCUT2D eigenvalue weighted by Gasteiger charge is 2.24. The van der Waals surface area contributed by atoms with Crippen LogP contribution in [-0.2, 0) is 14.8 Å². The standard InChI is InChI=1S/C11H12BrFN2O5S/c1-6(16)14-2-3-15-21(19,20)9-5-7(12)4-8(10(9)13)11(17)18/h4-5,15H,2-3H2,1H3,(H,14,16)(H,17,18). The summed E-state index contributed by atoms with van der Waals surface area (Å²) in [7, 11) is -4.24. The molecule has 0 saturated heterocycles.